The van der Waals surface area contributed by atoms with Gasteiger partial charge in [-0.2, -0.15) is 0 Å². The summed E-state index contributed by atoms with van der Waals surface area (Å²) in [5.41, 5.74) is 0.0515. The molecule has 0 saturated carbocycles. The summed E-state index contributed by atoms with van der Waals surface area (Å²) in [7, 11) is 3.42. The molecule has 0 aliphatic heterocycles. The van der Waals surface area contributed by atoms with Crippen LogP contribution < -0.4 is 16.2 Å². The number of nitrogens with zero attached hydrogens (tertiary/aromatic N) is 2. The van der Waals surface area contributed by atoms with E-state index in [1.807, 2.05) is 12.3 Å². The highest BCUT2D eigenvalue weighted by molar-refractivity contribution is 5.79. The SMILES string of the molecule is CN=C(NCCCCn1ccccc1=O)NCCCOCCOC. The minimum Gasteiger partial charge on any atom is -0.382 e. The second kappa shape index (κ2) is 13.6. The van der Waals surface area contributed by atoms with Crippen LogP contribution in [-0.2, 0) is 16.0 Å². The minimum absolute atomic E-state index is 0.0515. The van der Waals surface area contributed by atoms with Gasteiger partial charge in [0.25, 0.3) is 0 Å². The van der Waals surface area contributed by atoms with Crippen molar-refractivity contribution in [3.05, 3.63) is 34.7 Å². The topological polar surface area (TPSA) is 76.9 Å². The molecule has 0 saturated heterocycles. The van der Waals surface area contributed by atoms with E-state index in [0.29, 0.717) is 19.8 Å². The molecule has 0 spiro atoms. The van der Waals surface area contributed by atoms with Gasteiger partial charge in [-0.15, -0.1) is 0 Å². The number of hydrogen-bond donors (Lipinski definition) is 2. The van der Waals surface area contributed by atoms with Gasteiger partial charge in [0.1, 0.15) is 0 Å². The van der Waals surface area contributed by atoms with Crippen LogP contribution in [0.4, 0.5) is 0 Å². The van der Waals surface area contributed by atoms with Crippen LogP contribution in [0, 0.1) is 0 Å². The third-order valence-corrected chi connectivity index (χ3v) is 3.43. The smallest absolute Gasteiger partial charge is 0.250 e. The summed E-state index contributed by atoms with van der Waals surface area (Å²) in [5.74, 6) is 0.795. The molecule has 7 heteroatoms. The molecule has 0 atom stereocenters. The molecule has 1 aromatic rings. The summed E-state index contributed by atoms with van der Waals surface area (Å²) in [5, 5.41) is 6.52. The lowest BCUT2D eigenvalue weighted by Gasteiger charge is -2.12. The Hall–Kier alpha value is -1.86. The lowest BCUT2D eigenvalue weighted by atomic mass is 10.3. The lowest BCUT2D eigenvalue weighted by molar-refractivity contribution is 0.0698. The Kier molecular flexibility index (Phi) is 11.4. The molecule has 0 aliphatic carbocycles. The van der Waals surface area contributed by atoms with E-state index in [1.54, 1.807) is 30.9 Å². The highest BCUT2D eigenvalue weighted by Crippen LogP contribution is 1.92. The predicted molar refractivity (Wildman–Crippen MR) is 96.6 cm³/mol. The van der Waals surface area contributed by atoms with E-state index in [9.17, 15) is 4.79 Å². The Labute approximate surface area is 144 Å². The fourth-order valence-electron chi connectivity index (χ4n) is 2.11. The number of aliphatic imine (C=N–C) groups is 1. The zero-order valence-corrected chi connectivity index (χ0v) is 14.8. The van der Waals surface area contributed by atoms with Crippen molar-refractivity contribution in [2.24, 2.45) is 4.99 Å². The Bertz CT molecular complexity index is 517. The van der Waals surface area contributed by atoms with Crippen molar-refractivity contribution in [1.29, 1.82) is 0 Å². The fraction of sp³-hybridized carbons (Fsp3) is 0.647. The van der Waals surface area contributed by atoms with Crippen LogP contribution in [0.25, 0.3) is 0 Å². The van der Waals surface area contributed by atoms with Gasteiger partial charge in [-0.1, -0.05) is 6.07 Å². The van der Waals surface area contributed by atoms with Crippen molar-refractivity contribution in [3.8, 4) is 0 Å². The van der Waals surface area contributed by atoms with Crippen LogP contribution in [0.3, 0.4) is 0 Å². The second-order valence-electron chi connectivity index (χ2n) is 5.32. The van der Waals surface area contributed by atoms with Crippen molar-refractivity contribution in [1.82, 2.24) is 15.2 Å². The van der Waals surface area contributed by atoms with Gasteiger partial charge >= 0.3 is 0 Å². The average molecular weight is 338 g/mol. The predicted octanol–water partition coefficient (Wildman–Crippen LogP) is 0.847. The number of unbranched alkanes of at least 4 members (excludes halogenated alkanes) is 1. The summed E-state index contributed by atoms with van der Waals surface area (Å²) in [6, 6.07) is 5.23. The van der Waals surface area contributed by atoms with Crippen molar-refractivity contribution in [2.45, 2.75) is 25.8 Å². The fourth-order valence-corrected chi connectivity index (χ4v) is 2.11. The zero-order valence-electron chi connectivity index (χ0n) is 14.8. The van der Waals surface area contributed by atoms with Crippen molar-refractivity contribution in [2.75, 3.05) is 47.1 Å². The Morgan fingerprint density at radius 1 is 1.12 bits per heavy atom. The zero-order chi connectivity index (χ0) is 17.5. The number of hydrogen-bond acceptors (Lipinski definition) is 4. The Morgan fingerprint density at radius 2 is 1.92 bits per heavy atom. The number of methoxy groups -OCH3 is 1. The largest absolute Gasteiger partial charge is 0.382 e. The molecule has 1 heterocycles. The van der Waals surface area contributed by atoms with Gasteiger partial charge in [0.05, 0.1) is 13.2 Å². The molecule has 0 unspecified atom stereocenters. The number of guanidine groups is 1. The molecule has 24 heavy (non-hydrogen) atoms. The third-order valence-electron chi connectivity index (χ3n) is 3.43. The molecule has 0 aromatic carbocycles. The maximum absolute atomic E-state index is 11.6. The number of aryl methyl sites for hydroxylation is 1. The van der Waals surface area contributed by atoms with Crippen molar-refractivity contribution in [3.63, 3.8) is 0 Å². The van der Waals surface area contributed by atoms with Crippen LogP contribution in [0.15, 0.2) is 34.2 Å². The van der Waals surface area contributed by atoms with Crippen LogP contribution in [0.1, 0.15) is 19.3 Å². The third kappa shape index (κ3) is 9.32. The molecule has 7 nitrogen and oxygen atoms in total. The van der Waals surface area contributed by atoms with Crippen LogP contribution >= 0.6 is 0 Å². The van der Waals surface area contributed by atoms with Gasteiger partial charge in [-0.3, -0.25) is 9.79 Å². The quantitative estimate of drug-likeness (QED) is 0.336. The summed E-state index contributed by atoms with van der Waals surface area (Å²) in [6.45, 7) is 4.35. The molecule has 1 rings (SSSR count). The van der Waals surface area contributed by atoms with E-state index in [4.69, 9.17) is 9.47 Å². The molecule has 0 aliphatic rings. The summed E-state index contributed by atoms with van der Waals surface area (Å²) in [4.78, 5) is 15.8. The van der Waals surface area contributed by atoms with Gasteiger partial charge in [0.2, 0.25) is 5.56 Å². The first-order valence-corrected chi connectivity index (χ1v) is 8.44. The molecule has 1 aromatic heterocycles. The van der Waals surface area contributed by atoms with E-state index < -0.39 is 0 Å². The van der Waals surface area contributed by atoms with Gasteiger partial charge in [-0.25, -0.2) is 0 Å². The number of aromatic nitrogens is 1. The molecular weight excluding hydrogens is 308 g/mol. The molecule has 0 bridgehead atoms. The van der Waals surface area contributed by atoms with Gasteiger partial charge in [-0.05, 0) is 25.3 Å². The Morgan fingerprint density at radius 3 is 2.62 bits per heavy atom. The normalized spacial score (nSPS) is 11.5. The Balaban J connectivity index is 2.04. The molecule has 0 fully saturated rings. The number of pyridine rings is 1. The van der Waals surface area contributed by atoms with E-state index in [0.717, 1.165) is 44.9 Å². The molecule has 0 radical (unpaired) electrons. The number of ether oxygens (including phenoxy) is 2. The molecule has 0 amide bonds. The monoisotopic (exact) mass is 338 g/mol. The maximum atomic E-state index is 11.6. The van der Waals surface area contributed by atoms with E-state index in [1.165, 1.54) is 0 Å². The van der Waals surface area contributed by atoms with E-state index in [-0.39, 0.29) is 5.56 Å². The molecular formula is C17H30N4O3. The highest BCUT2D eigenvalue weighted by atomic mass is 16.5. The van der Waals surface area contributed by atoms with Crippen LogP contribution in [0.2, 0.25) is 0 Å². The van der Waals surface area contributed by atoms with Gasteiger partial charge in [0, 0.05) is 52.7 Å². The molecule has 2 N–H and O–H groups in total. The lowest BCUT2D eigenvalue weighted by Crippen LogP contribution is -2.38. The van der Waals surface area contributed by atoms with Crippen molar-refractivity contribution >= 4 is 5.96 Å². The average Bonchev–Trinajstić information content (AvgIpc) is 2.60. The summed E-state index contributed by atoms with van der Waals surface area (Å²) < 4.78 is 12.0. The first-order chi connectivity index (χ1) is 11.8. The van der Waals surface area contributed by atoms with Gasteiger partial charge < -0.3 is 24.7 Å². The summed E-state index contributed by atoms with van der Waals surface area (Å²) in [6.07, 6.45) is 4.66. The summed E-state index contributed by atoms with van der Waals surface area (Å²) >= 11 is 0. The second-order valence-corrected chi connectivity index (χ2v) is 5.32. The van der Waals surface area contributed by atoms with Crippen LogP contribution in [-0.4, -0.2) is 57.6 Å². The number of nitrogens with one attached hydrogen (secondary N) is 2. The maximum Gasteiger partial charge on any atom is 0.250 e. The molecule has 136 valence electrons. The van der Waals surface area contributed by atoms with E-state index in [2.05, 4.69) is 15.6 Å². The standard InChI is InChI=1S/C17H30N4O3/c1-18-17(20-10-7-13-24-15-14-23-2)19-9-4-6-12-21-11-5-3-8-16(21)22/h3,5,8,11H,4,6-7,9-10,12-15H2,1-2H3,(H2,18,19,20). The first-order valence-electron chi connectivity index (χ1n) is 8.44. The van der Waals surface area contributed by atoms with Gasteiger partial charge in [0.15, 0.2) is 5.96 Å². The minimum atomic E-state index is 0.0515. The highest BCUT2D eigenvalue weighted by Gasteiger charge is 1.98. The van der Waals surface area contributed by atoms with Crippen LogP contribution in [0.5, 0.6) is 0 Å². The van der Waals surface area contributed by atoms with Crippen molar-refractivity contribution < 1.29 is 9.47 Å². The van der Waals surface area contributed by atoms with E-state index >= 15 is 0 Å². The first kappa shape index (κ1) is 20.2. The number of rotatable bonds is 12.